The van der Waals surface area contributed by atoms with Gasteiger partial charge in [-0.1, -0.05) is 18.2 Å². The number of carbonyl (C=O) groups is 1. The third kappa shape index (κ3) is 3.45. The summed E-state index contributed by atoms with van der Waals surface area (Å²) in [7, 11) is 1.75. The number of likely N-dealkylation sites (N-methyl/N-ethyl adjacent to an activating group) is 1. The number of nitrogens with zero attached hydrogens (tertiary/aromatic N) is 1. The zero-order valence-electron chi connectivity index (χ0n) is 12.9. The lowest BCUT2D eigenvalue weighted by Gasteiger charge is -2.23. The van der Waals surface area contributed by atoms with Gasteiger partial charge in [-0.15, -0.1) is 0 Å². The van der Waals surface area contributed by atoms with Gasteiger partial charge in [0, 0.05) is 7.05 Å². The van der Waals surface area contributed by atoms with Crippen LogP contribution in [-0.4, -0.2) is 24.5 Å². The van der Waals surface area contributed by atoms with Gasteiger partial charge in [0.25, 0.3) is 5.91 Å². The second-order valence-corrected chi connectivity index (χ2v) is 5.21. The minimum absolute atomic E-state index is 0.0211. The van der Waals surface area contributed by atoms with E-state index in [1.165, 1.54) is 0 Å². The highest BCUT2D eigenvalue weighted by molar-refractivity contribution is 5.78. The summed E-state index contributed by atoms with van der Waals surface area (Å²) in [6.07, 6.45) is 1.61. The summed E-state index contributed by atoms with van der Waals surface area (Å²) in [5.41, 5.74) is 2.06. The van der Waals surface area contributed by atoms with Crippen molar-refractivity contribution in [3.63, 3.8) is 0 Å². The second kappa shape index (κ2) is 6.48. The lowest BCUT2D eigenvalue weighted by molar-refractivity contribution is -0.134. The Morgan fingerprint density at radius 1 is 1.24 bits per heavy atom. The van der Waals surface area contributed by atoms with Crippen LogP contribution in [0.3, 0.4) is 0 Å². The van der Waals surface area contributed by atoms with E-state index in [9.17, 15) is 4.79 Å². The molecule has 1 heterocycles. The van der Waals surface area contributed by atoms with Gasteiger partial charge in [-0.05, 0) is 44.0 Å². The molecule has 1 aromatic heterocycles. The zero-order valence-corrected chi connectivity index (χ0v) is 12.9. The fourth-order valence-corrected chi connectivity index (χ4v) is 2.20. The molecule has 1 atom stereocenters. The van der Waals surface area contributed by atoms with E-state index in [4.69, 9.17) is 9.15 Å². The molecule has 0 spiro atoms. The number of ether oxygens (including phenoxy) is 1. The van der Waals surface area contributed by atoms with Crippen molar-refractivity contribution in [2.45, 2.75) is 26.8 Å². The van der Waals surface area contributed by atoms with E-state index in [0.29, 0.717) is 0 Å². The van der Waals surface area contributed by atoms with E-state index >= 15 is 0 Å². The van der Waals surface area contributed by atoms with Gasteiger partial charge in [0.15, 0.2) is 6.61 Å². The summed E-state index contributed by atoms with van der Waals surface area (Å²) in [5, 5.41) is 0. The van der Waals surface area contributed by atoms with Crippen LogP contribution in [0.15, 0.2) is 41.0 Å². The largest absolute Gasteiger partial charge is 0.483 e. The number of carbonyl (C=O) groups excluding carboxylic acids is 1. The topological polar surface area (TPSA) is 42.7 Å². The number of para-hydroxylation sites is 1. The first-order valence-electron chi connectivity index (χ1n) is 6.98. The summed E-state index contributed by atoms with van der Waals surface area (Å²) < 4.78 is 11.0. The summed E-state index contributed by atoms with van der Waals surface area (Å²) in [5.74, 6) is 1.46. The van der Waals surface area contributed by atoms with Crippen LogP contribution in [0.5, 0.6) is 5.75 Å². The Morgan fingerprint density at radius 3 is 2.48 bits per heavy atom. The smallest absolute Gasteiger partial charge is 0.260 e. The van der Waals surface area contributed by atoms with Crippen molar-refractivity contribution in [1.29, 1.82) is 0 Å². The van der Waals surface area contributed by atoms with Gasteiger partial charge >= 0.3 is 0 Å². The normalized spacial score (nSPS) is 12.0. The molecule has 1 aromatic carbocycles. The summed E-state index contributed by atoms with van der Waals surface area (Å²) in [4.78, 5) is 13.9. The fraction of sp³-hybridized carbons (Fsp3) is 0.353. The van der Waals surface area contributed by atoms with Crippen molar-refractivity contribution in [2.75, 3.05) is 13.7 Å². The molecule has 2 aromatic rings. The SMILES string of the molecule is Cc1cccc(C)c1OCC(=O)N(C)C(C)c1ccco1. The standard InChI is InChI=1S/C17H21NO3/c1-12-7-5-8-13(2)17(12)21-11-16(19)18(4)14(3)15-9-6-10-20-15/h5-10,14H,11H2,1-4H3. The molecule has 21 heavy (non-hydrogen) atoms. The molecule has 0 aliphatic rings. The third-order valence-corrected chi connectivity index (χ3v) is 3.68. The molecule has 0 fully saturated rings. The van der Waals surface area contributed by atoms with E-state index in [0.717, 1.165) is 22.6 Å². The van der Waals surface area contributed by atoms with Crippen molar-refractivity contribution in [3.05, 3.63) is 53.5 Å². The van der Waals surface area contributed by atoms with E-state index in [1.807, 2.05) is 51.1 Å². The predicted octanol–water partition coefficient (Wildman–Crippen LogP) is 3.49. The molecule has 0 aliphatic heterocycles. The second-order valence-electron chi connectivity index (χ2n) is 5.21. The molecule has 2 rings (SSSR count). The van der Waals surface area contributed by atoms with Crippen LogP contribution in [0.1, 0.15) is 29.9 Å². The first-order chi connectivity index (χ1) is 10.0. The van der Waals surface area contributed by atoms with Gasteiger partial charge in [0.05, 0.1) is 12.3 Å². The van der Waals surface area contributed by atoms with Crippen LogP contribution in [-0.2, 0) is 4.79 Å². The first kappa shape index (κ1) is 15.2. The van der Waals surface area contributed by atoms with Gasteiger partial charge in [-0.2, -0.15) is 0 Å². The Hall–Kier alpha value is -2.23. The molecule has 112 valence electrons. The van der Waals surface area contributed by atoms with E-state index < -0.39 is 0 Å². The molecule has 0 bridgehead atoms. The maximum Gasteiger partial charge on any atom is 0.260 e. The van der Waals surface area contributed by atoms with Gasteiger partial charge < -0.3 is 14.1 Å². The van der Waals surface area contributed by atoms with Gasteiger partial charge in [0.2, 0.25) is 0 Å². The van der Waals surface area contributed by atoms with Crippen molar-refractivity contribution < 1.29 is 13.9 Å². The molecule has 1 amide bonds. The number of furan rings is 1. The van der Waals surface area contributed by atoms with Crippen molar-refractivity contribution in [1.82, 2.24) is 4.90 Å². The van der Waals surface area contributed by atoms with Gasteiger partial charge in [-0.25, -0.2) is 0 Å². The fourth-order valence-electron chi connectivity index (χ4n) is 2.20. The number of amides is 1. The average Bonchev–Trinajstić information content (AvgIpc) is 2.99. The Labute approximate surface area is 125 Å². The Morgan fingerprint density at radius 2 is 1.90 bits per heavy atom. The van der Waals surface area contributed by atoms with Crippen molar-refractivity contribution >= 4 is 5.91 Å². The van der Waals surface area contributed by atoms with Crippen LogP contribution in [0, 0.1) is 13.8 Å². The molecule has 0 radical (unpaired) electrons. The molecule has 0 N–H and O–H groups in total. The molecule has 4 nitrogen and oxygen atoms in total. The molecule has 0 saturated carbocycles. The van der Waals surface area contributed by atoms with E-state index in [2.05, 4.69) is 0 Å². The summed E-state index contributed by atoms with van der Waals surface area (Å²) in [6.45, 7) is 5.90. The van der Waals surface area contributed by atoms with Gasteiger partial charge in [-0.3, -0.25) is 4.79 Å². The number of hydrogen-bond acceptors (Lipinski definition) is 3. The zero-order chi connectivity index (χ0) is 15.4. The van der Waals surface area contributed by atoms with Crippen molar-refractivity contribution in [2.24, 2.45) is 0 Å². The Bertz CT molecular complexity index is 584. The molecular weight excluding hydrogens is 266 g/mol. The number of rotatable bonds is 5. The van der Waals surface area contributed by atoms with Crippen molar-refractivity contribution in [3.8, 4) is 5.75 Å². The highest BCUT2D eigenvalue weighted by Gasteiger charge is 2.20. The monoisotopic (exact) mass is 287 g/mol. The Balaban J connectivity index is 1.98. The van der Waals surface area contributed by atoms with Crippen LogP contribution in [0.2, 0.25) is 0 Å². The molecule has 4 heteroatoms. The lowest BCUT2D eigenvalue weighted by atomic mass is 10.1. The van der Waals surface area contributed by atoms with Crippen LogP contribution in [0.25, 0.3) is 0 Å². The molecule has 0 aliphatic carbocycles. The molecular formula is C17H21NO3. The average molecular weight is 287 g/mol. The van der Waals surface area contributed by atoms with Crippen LogP contribution in [0.4, 0.5) is 0 Å². The highest BCUT2D eigenvalue weighted by atomic mass is 16.5. The first-order valence-corrected chi connectivity index (χ1v) is 6.98. The molecule has 1 unspecified atom stereocenters. The van der Waals surface area contributed by atoms with E-state index in [-0.39, 0.29) is 18.6 Å². The quantitative estimate of drug-likeness (QED) is 0.845. The number of benzene rings is 1. The maximum absolute atomic E-state index is 12.2. The summed E-state index contributed by atoms with van der Waals surface area (Å²) in [6, 6.07) is 9.49. The Kier molecular flexibility index (Phi) is 4.68. The third-order valence-electron chi connectivity index (χ3n) is 3.68. The minimum Gasteiger partial charge on any atom is -0.483 e. The maximum atomic E-state index is 12.2. The predicted molar refractivity (Wildman–Crippen MR) is 81.3 cm³/mol. The van der Waals surface area contributed by atoms with Gasteiger partial charge in [0.1, 0.15) is 11.5 Å². The van der Waals surface area contributed by atoms with Crippen LogP contribution >= 0.6 is 0 Å². The minimum atomic E-state index is -0.117. The van der Waals surface area contributed by atoms with E-state index in [1.54, 1.807) is 18.2 Å². The van der Waals surface area contributed by atoms with Crippen LogP contribution < -0.4 is 4.74 Å². The number of aryl methyl sites for hydroxylation is 2. The lowest BCUT2D eigenvalue weighted by Crippen LogP contribution is -2.33. The number of hydrogen-bond donors (Lipinski definition) is 0. The molecule has 0 saturated heterocycles. The summed E-state index contributed by atoms with van der Waals surface area (Å²) >= 11 is 0. The highest BCUT2D eigenvalue weighted by Crippen LogP contribution is 2.23.